The molecule has 0 saturated carbocycles. The number of piperazine rings is 1. The number of hydrogen-bond donors (Lipinski definition) is 1. The van der Waals surface area contributed by atoms with Crippen LogP contribution in [0.1, 0.15) is 60.3 Å². The summed E-state index contributed by atoms with van der Waals surface area (Å²) in [6.45, 7) is 15.4. The van der Waals surface area contributed by atoms with Gasteiger partial charge in [-0.2, -0.15) is 0 Å². The molecular weight excluding hydrogens is 208 g/mol. The van der Waals surface area contributed by atoms with Gasteiger partial charge in [-0.1, -0.05) is 40.5 Å². The van der Waals surface area contributed by atoms with E-state index >= 15 is 0 Å². The van der Waals surface area contributed by atoms with Crippen LogP contribution >= 0.6 is 0 Å². The Morgan fingerprint density at radius 2 is 1.76 bits per heavy atom. The van der Waals surface area contributed by atoms with Crippen molar-refractivity contribution in [2.24, 2.45) is 5.92 Å². The molecule has 0 aromatic carbocycles. The van der Waals surface area contributed by atoms with Gasteiger partial charge in [-0.3, -0.25) is 4.90 Å². The molecule has 2 heteroatoms. The molecule has 1 unspecified atom stereocenters. The SMILES string of the molecule is CCC(CC)CN1CC(C)NCC1(CC)CC. The van der Waals surface area contributed by atoms with Crippen molar-refractivity contribution in [1.29, 1.82) is 0 Å². The Kier molecular flexibility index (Phi) is 5.94. The van der Waals surface area contributed by atoms with Crippen molar-refractivity contribution in [3.63, 3.8) is 0 Å². The van der Waals surface area contributed by atoms with E-state index in [0.717, 1.165) is 5.92 Å². The first-order valence-corrected chi connectivity index (χ1v) is 7.60. The van der Waals surface area contributed by atoms with Crippen molar-refractivity contribution in [1.82, 2.24) is 10.2 Å². The van der Waals surface area contributed by atoms with E-state index in [1.807, 2.05) is 0 Å². The summed E-state index contributed by atoms with van der Waals surface area (Å²) in [7, 11) is 0. The van der Waals surface area contributed by atoms with Crippen LogP contribution in [0.15, 0.2) is 0 Å². The van der Waals surface area contributed by atoms with Crippen molar-refractivity contribution in [3.8, 4) is 0 Å². The van der Waals surface area contributed by atoms with Crippen molar-refractivity contribution in [2.75, 3.05) is 19.6 Å². The van der Waals surface area contributed by atoms with Crippen molar-refractivity contribution >= 4 is 0 Å². The Morgan fingerprint density at radius 3 is 2.24 bits per heavy atom. The van der Waals surface area contributed by atoms with Crippen molar-refractivity contribution < 1.29 is 0 Å². The molecular formula is C15H32N2. The molecule has 0 aliphatic carbocycles. The normalized spacial score (nSPS) is 25.4. The standard InChI is InChI=1S/C15H32N2/c1-6-14(7-2)11-17-10-13(5)16-12-15(17,8-3)9-4/h13-14,16H,6-12H2,1-5H3. The van der Waals surface area contributed by atoms with Gasteiger partial charge in [-0.15, -0.1) is 0 Å². The lowest BCUT2D eigenvalue weighted by Crippen LogP contribution is -2.64. The van der Waals surface area contributed by atoms with Gasteiger partial charge in [0.15, 0.2) is 0 Å². The zero-order valence-corrected chi connectivity index (χ0v) is 12.6. The van der Waals surface area contributed by atoms with Crippen LogP contribution in [0.4, 0.5) is 0 Å². The second kappa shape index (κ2) is 6.75. The topological polar surface area (TPSA) is 15.3 Å². The van der Waals surface area contributed by atoms with Gasteiger partial charge in [0.2, 0.25) is 0 Å². The van der Waals surface area contributed by atoms with Gasteiger partial charge >= 0.3 is 0 Å². The zero-order chi connectivity index (χ0) is 12.9. The quantitative estimate of drug-likeness (QED) is 0.766. The minimum Gasteiger partial charge on any atom is -0.311 e. The Balaban J connectivity index is 2.73. The van der Waals surface area contributed by atoms with E-state index in [2.05, 4.69) is 44.8 Å². The lowest BCUT2D eigenvalue weighted by atomic mass is 9.86. The second-order valence-corrected chi connectivity index (χ2v) is 5.80. The van der Waals surface area contributed by atoms with E-state index in [9.17, 15) is 0 Å². The van der Waals surface area contributed by atoms with Crippen LogP contribution in [-0.2, 0) is 0 Å². The second-order valence-electron chi connectivity index (χ2n) is 5.80. The molecule has 17 heavy (non-hydrogen) atoms. The smallest absolute Gasteiger partial charge is 0.0329 e. The predicted molar refractivity (Wildman–Crippen MR) is 76.4 cm³/mol. The molecule has 0 bridgehead atoms. The van der Waals surface area contributed by atoms with Crippen LogP contribution in [0.2, 0.25) is 0 Å². The summed E-state index contributed by atoms with van der Waals surface area (Å²) in [5, 5.41) is 3.67. The molecule has 1 atom stereocenters. The fourth-order valence-electron chi connectivity index (χ4n) is 3.14. The van der Waals surface area contributed by atoms with Crippen LogP contribution in [0.5, 0.6) is 0 Å². The third-order valence-electron chi connectivity index (χ3n) is 4.89. The van der Waals surface area contributed by atoms with Crippen LogP contribution in [0.25, 0.3) is 0 Å². The number of hydrogen-bond acceptors (Lipinski definition) is 2. The number of nitrogens with one attached hydrogen (secondary N) is 1. The molecule has 102 valence electrons. The van der Waals surface area contributed by atoms with Gasteiger partial charge in [-0.05, 0) is 25.7 Å². The van der Waals surface area contributed by atoms with E-state index < -0.39 is 0 Å². The maximum absolute atomic E-state index is 3.67. The molecule has 1 fully saturated rings. The minimum absolute atomic E-state index is 0.412. The molecule has 1 N–H and O–H groups in total. The summed E-state index contributed by atoms with van der Waals surface area (Å²) >= 11 is 0. The van der Waals surface area contributed by atoms with Gasteiger partial charge in [0.05, 0.1) is 0 Å². The Morgan fingerprint density at radius 1 is 1.18 bits per heavy atom. The zero-order valence-electron chi connectivity index (χ0n) is 12.6. The molecule has 1 saturated heterocycles. The first-order valence-electron chi connectivity index (χ1n) is 7.60. The van der Waals surface area contributed by atoms with E-state index in [0.29, 0.717) is 11.6 Å². The van der Waals surface area contributed by atoms with Crippen molar-refractivity contribution in [2.45, 2.75) is 71.9 Å². The Hall–Kier alpha value is -0.0800. The highest BCUT2D eigenvalue weighted by molar-refractivity contribution is 4.96. The molecule has 1 heterocycles. The molecule has 0 spiro atoms. The summed E-state index contributed by atoms with van der Waals surface area (Å²) < 4.78 is 0. The monoisotopic (exact) mass is 240 g/mol. The maximum Gasteiger partial charge on any atom is 0.0329 e. The minimum atomic E-state index is 0.412. The molecule has 1 aliphatic rings. The predicted octanol–water partition coefficient (Wildman–Crippen LogP) is 3.28. The highest BCUT2D eigenvalue weighted by atomic mass is 15.3. The van der Waals surface area contributed by atoms with Crippen molar-refractivity contribution in [3.05, 3.63) is 0 Å². The summed E-state index contributed by atoms with van der Waals surface area (Å²) in [4.78, 5) is 2.78. The summed E-state index contributed by atoms with van der Waals surface area (Å²) in [6, 6.07) is 0.649. The fraction of sp³-hybridized carbons (Fsp3) is 1.00. The fourth-order valence-corrected chi connectivity index (χ4v) is 3.14. The average molecular weight is 240 g/mol. The van der Waals surface area contributed by atoms with Crippen LogP contribution < -0.4 is 5.32 Å². The van der Waals surface area contributed by atoms with E-state index in [1.165, 1.54) is 45.3 Å². The molecule has 0 amide bonds. The first kappa shape index (κ1) is 15.0. The van der Waals surface area contributed by atoms with Gasteiger partial charge in [0.1, 0.15) is 0 Å². The Bertz CT molecular complexity index is 207. The summed E-state index contributed by atoms with van der Waals surface area (Å²) in [5.74, 6) is 0.873. The first-order chi connectivity index (χ1) is 8.11. The molecule has 1 rings (SSSR count). The molecule has 0 aromatic rings. The molecule has 1 aliphatic heterocycles. The van der Waals surface area contributed by atoms with Gasteiger partial charge < -0.3 is 5.32 Å². The van der Waals surface area contributed by atoms with Gasteiger partial charge in [0.25, 0.3) is 0 Å². The lowest BCUT2D eigenvalue weighted by molar-refractivity contribution is 0.0207. The van der Waals surface area contributed by atoms with Gasteiger partial charge in [0, 0.05) is 31.2 Å². The largest absolute Gasteiger partial charge is 0.311 e. The summed E-state index contributed by atoms with van der Waals surface area (Å²) in [6.07, 6.45) is 5.17. The van der Waals surface area contributed by atoms with Crippen LogP contribution in [0.3, 0.4) is 0 Å². The highest BCUT2D eigenvalue weighted by Crippen LogP contribution is 2.28. The van der Waals surface area contributed by atoms with E-state index in [4.69, 9.17) is 0 Å². The van der Waals surface area contributed by atoms with E-state index in [-0.39, 0.29) is 0 Å². The highest BCUT2D eigenvalue weighted by Gasteiger charge is 2.38. The average Bonchev–Trinajstić information content (AvgIpc) is 2.37. The molecule has 0 radical (unpaired) electrons. The third-order valence-corrected chi connectivity index (χ3v) is 4.89. The summed E-state index contributed by atoms with van der Waals surface area (Å²) in [5.41, 5.74) is 0.412. The molecule has 2 nitrogen and oxygen atoms in total. The number of rotatable bonds is 6. The van der Waals surface area contributed by atoms with Crippen LogP contribution in [0, 0.1) is 5.92 Å². The molecule has 0 aromatic heterocycles. The maximum atomic E-state index is 3.67. The van der Waals surface area contributed by atoms with Crippen LogP contribution in [-0.4, -0.2) is 36.1 Å². The van der Waals surface area contributed by atoms with E-state index in [1.54, 1.807) is 0 Å². The Labute approximate surface area is 108 Å². The number of nitrogens with zero attached hydrogens (tertiary/aromatic N) is 1. The third kappa shape index (κ3) is 3.45. The van der Waals surface area contributed by atoms with Gasteiger partial charge in [-0.25, -0.2) is 0 Å². The lowest BCUT2D eigenvalue weighted by Gasteiger charge is -2.50.